The minimum absolute atomic E-state index is 0.0332. The highest BCUT2D eigenvalue weighted by Crippen LogP contribution is 2.09. The third-order valence-electron chi connectivity index (χ3n) is 2.82. The number of hydrogen-bond acceptors (Lipinski definition) is 2. The van der Waals surface area contributed by atoms with Gasteiger partial charge >= 0.3 is 0 Å². The number of Topliss-reactive ketones (excluding diaryl/α,β-unsaturated/α-hetero) is 1. The Kier molecular flexibility index (Phi) is 7.40. The summed E-state index contributed by atoms with van der Waals surface area (Å²) in [4.78, 5) is 14.3. The van der Waals surface area contributed by atoms with Gasteiger partial charge in [0.25, 0.3) is 6.43 Å². The van der Waals surface area contributed by atoms with E-state index in [2.05, 4.69) is 17.1 Å². The van der Waals surface area contributed by atoms with E-state index in [9.17, 15) is 13.6 Å². The van der Waals surface area contributed by atoms with E-state index in [1.165, 1.54) is 10.8 Å². The molecule has 0 N–H and O–H groups in total. The van der Waals surface area contributed by atoms with Crippen LogP contribution in [0.4, 0.5) is 8.78 Å². The molecule has 0 atom stereocenters. The molecule has 20 heavy (non-hydrogen) atoms. The van der Waals surface area contributed by atoms with E-state index < -0.39 is 12.2 Å². The number of benzene rings is 1. The number of hydrogen-bond donors (Lipinski definition) is 0. The third kappa shape index (κ3) is 5.87. The normalized spacial score (nSPS) is 10.2. The summed E-state index contributed by atoms with van der Waals surface area (Å²) in [5.41, 5.74) is 0. The quantitative estimate of drug-likeness (QED) is 0.746. The van der Waals surface area contributed by atoms with Crippen molar-refractivity contribution < 1.29 is 13.6 Å². The zero-order valence-corrected chi connectivity index (χ0v) is 11.6. The number of halogens is 2. The molecule has 4 heteroatoms. The van der Waals surface area contributed by atoms with Gasteiger partial charge in [0.05, 0.1) is 0 Å². The molecule has 1 aromatic heterocycles. The molecule has 0 unspecified atom stereocenters. The van der Waals surface area contributed by atoms with Crippen LogP contribution in [0, 0.1) is 0 Å². The highest BCUT2D eigenvalue weighted by Gasteiger charge is 2.13. The summed E-state index contributed by atoms with van der Waals surface area (Å²) in [6.45, 7) is 1.97. The summed E-state index contributed by atoms with van der Waals surface area (Å²) in [6.07, 6.45) is 3.36. The first-order valence-corrected chi connectivity index (χ1v) is 6.74. The summed E-state index contributed by atoms with van der Waals surface area (Å²) < 4.78 is 23.0. The van der Waals surface area contributed by atoms with E-state index in [-0.39, 0.29) is 6.42 Å². The second-order valence-electron chi connectivity index (χ2n) is 4.45. The lowest BCUT2D eigenvalue weighted by Crippen LogP contribution is -2.08. The first-order chi connectivity index (χ1) is 9.65. The van der Waals surface area contributed by atoms with E-state index in [1.807, 2.05) is 37.5 Å². The number of fused-ring (bicyclic) bond motifs is 1. The first-order valence-electron chi connectivity index (χ1n) is 6.74. The van der Waals surface area contributed by atoms with Gasteiger partial charge in [-0.15, -0.1) is 0 Å². The van der Waals surface area contributed by atoms with Crippen LogP contribution in [0.15, 0.2) is 42.7 Å². The molecule has 1 aromatic carbocycles. The van der Waals surface area contributed by atoms with Gasteiger partial charge in [0.1, 0.15) is 0 Å². The van der Waals surface area contributed by atoms with Crippen LogP contribution in [0.2, 0.25) is 0 Å². The highest BCUT2D eigenvalue weighted by molar-refractivity contribution is 5.81. The predicted octanol–water partition coefficient (Wildman–Crippen LogP) is 4.64. The highest BCUT2D eigenvalue weighted by atomic mass is 19.3. The van der Waals surface area contributed by atoms with Crippen molar-refractivity contribution in [2.24, 2.45) is 0 Å². The molecule has 0 spiro atoms. The monoisotopic (exact) mass is 279 g/mol. The topological polar surface area (TPSA) is 30.0 Å². The van der Waals surface area contributed by atoms with Crippen molar-refractivity contribution in [1.82, 2.24) is 4.98 Å². The molecule has 0 aliphatic heterocycles. The van der Waals surface area contributed by atoms with E-state index >= 15 is 0 Å². The number of pyridine rings is 1. The van der Waals surface area contributed by atoms with E-state index in [4.69, 9.17) is 0 Å². The zero-order chi connectivity index (χ0) is 14.8. The SMILES string of the molecule is CCCCCC(=O)C(F)F.c1ccc2cnccc2c1. The van der Waals surface area contributed by atoms with Gasteiger partial charge in [0.15, 0.2) is 5.78 Å². The van der Waals surface area contributed by atoms with Crippen molar-refractivity contribution in [3.8, 4) is 0 Å². The molecule has 0 saturated carbocycles. The van der Waals surface area contributed by atoms with Gasteiger partial charge in [-0.2, -0.15) is 0 Å². The van der Waals surface area contributed by atoms with Crippen molar-refractivity contribution in [3.63, 3.8) is 0 Å². The Bertz CT molecular complexity index is 463. The minimum atomic E-state index is -2.77. The van der Waals surface area contributed by atoms with Gasteiger partial charge < -0.3 is 0 Å². The van der Waals surface area contributed by atoms with Crippen molar-refractivity contribution >= 4 is 16.6 Å². The van der Waals surface area contributed by atoms with Gasteiger partial charge in [-0.25, -0.2) is 8.78 Å². The van der Waals surface area contributed by atoms with Crippen LogP contribution in [0.1, 0.15) is 32.6 Å². The lowest BCUT2D eigenvalue weighted by molar-refractivity contribution is -0.129. The maximum absolute atomic E-state index is 11.5. The minimum Gasteiger partial charge on any atom is -0.293 e. The molecule has 0 saturated heterocycles. The maximum Gasteiger partial charge on any atom is 0.295 e. The van der Waals surface area contributed by atoms with Gasteiger partial charge in [-0.3, -0.25) is 9.78 Å². The van der Waals surface area contributed by atoms with Crippen LogP contribution in [0.5, 0.6) is 0 Å². The van der Waals surface area contributed by atoms with Crippen molar-refractivity contribution in [2.75, 3.05) is 0 Å². The Balaban J connectivity index is 0.000000200. The number of alkyl halides is 2. The van der Waals surface area contributed by atoms with Crippen LogP contribution in [0.3, 0.4) is 0 Å². The molecule has 0 amide bonds. The van der Waals surface area contributed by atoms with Gasteiger partial charge in [-0.1, -0.05) is 44.0 Å². The molecular formula is C16H19F2NO. The van der Waals surface area contributed by atoms with Crippen LogP contribution in [0.25, 0.3) is 10.8 Å². The van der Waals surface area contributed by atoms with Crippen molar-refractivity contribution in [2.45, 2.75) is 39.0 Å². The Labute approximate surface area is 117 Å². The van der Waals surface area contributed by atoms with Crippen LogP contribution >= 0.6 is 0 Å². The molecule has 0 aliphatic rings. The second kappa shape index (κ2) is 9.13. The van der Waals surface area contributed by atoms with Crippen molar-refractivity contribution in [3.05, 3.63) is 42.7 Å². The number of carbonyl (C=O) groups is 1. The Morgan fingerprint density at radius 1 is 1.15 bits per heavy atom. The fourth-order valence-corrected chi connectivity index (χ4v) is 1.69. The van der Waals surface area contributed by atoms with E-state index in [0.717, 1.165) is 12.8 Å². The molecule has 0 bridgehead atoms. The maximum atomic E-state index is 11.5. The number of carbonyl (C=O) groups excluding carboxylic acids is 1. The lowest BCUT2D eigenvalue weighted by Gasteiger charge is -1.96. The third-order valence-corrected chi connectivity index (χ3v) is 2.82. The Hall–Kier alpha value is -1.84. The number of unbranched alkanes of at least 4 members (excludes halogenated alkanes) is 2. The van der Waals surface area contributed by atoms with Gasteiger partial charge in [0, 0.05) is 18.8 Å². The Morgan fingerprint density at radius 3 is 2.45 bits per heavy atom. The second-order valence-corrected chi connectivity index (χ2v) is 4.45. The molecule has 0 fully saturated rings. The predicted molar refractivity (Wildman–Crippen MR) is 76.9 cm³/mol. The number of aromatic nitrogens is 1. The van der Waals surface area contributed by atoms with Crippen LogP contribution in [-0.2, 0) is 4.79 Å². The number of nitrogens with zero attached hydrogens (tertiary/aromatic N) is 1. The summed E-state index contributed by atoms with van der Waals surface area (Å²) >= 11 is 0. The molecule has 1 heterocycles. The smallest absolute Gasteiger partial charge is 0.293 e. The molecule has 2 nitrogen and oxygen atoms in total. The summed E-state index contributed by atoms with van der Waals surface area (Å²) in [5, 5.41) is 2.45. The van der Waals surface area contributed by atoms with E-state index in [1.54, 1.807) is 0 Å². The molecule has 0 radical (unpaired) electrons. The average Bonchev–Trinajstić information content (AvgIpc) is 2.48. The largest absolute Gasteiger partial charge is 0.295 e. The standard InChI is InChI=1S/C9H7N.C7H12F2O/c1-2-4-9-7-10-6-5-8(9)3-1;1-2-3-4-5-6(10)7(8)9/h1-7H;7H,2-5H2,1H3. The fourth-order valence-electron chi connectivity index (χ4n) is 1.69. The van der Waals surface area contributed by atoms with E-state index in [0.29, 0.717) is 6.42 Å². The van der Waals surface area contributed by atoms with Gasteiger partial charge in [-0.05, 0) is 23.3 Å². The van der Waals surface area contributed by atoms with Crippen molar-refractivity contribution in [1.29, 1.82) is 0 Å². The molecule has 2 aromatic rings. The lowest BCUT2D eigenvalue weighted by atomic mass is 10.1. The fraction of sp³-hybridized carbons (Fsp3) is 0.375. The molecular weight excluding hydrogens is 260 g/mol. The molecule has 0 aliphatic carbocycles. The molecule has 108 valence electrons. The summed E-state index contributed by atoms with van der Waals surface area (Å²) in [6, 6.07) is 10.2. The van der Waals surface area contributed by atoms with Crippen LogP contribution in [-0.4, -0.2) is 17.2 Å². The van der Waals surface area contributed by atoms with Crippen LogP contribution < -0.4 is 0 Å². The number of ketones is 1. The Morgan fingerprint density at radius 2 is 1.85 bits per heavy atom. The average molecular weight is 279 g/mol. The molecule has 2 rings (SSSR count). The number of rotatable bonds is 5. The first kappa shape index (κ1) is 16.2. The summed E-state index contributed by atoms with van der Waals surface area (Å²) in [7, 11) is 0. The zero-order valence-electron chi connectivity index (χ0n) is 11.6. The summed E-state index contributed by atoms with van der Waals surface area (Å²) in [5.74, 6) is -0.923. The van der Waals surface area contributed by atoms with Gasteiger partial charge in [0.2, 0.25) is 0 Å².